The monoisotopic (exact) mass is 442 g/mol. The average molecular weight is 441 g/mol. The van der Waals surface area contributed by atoms with Crippen molar-refractivity contribution in [3.63, 3.8) is 0 Å². The molecule has 0 saturated heterocycles. The number of hydrogen-bond acceptors (Lipinski definition) is 4. The van der Waals surface area contributed by atoms with Gasteiger partial charge in [0.2, 0.25) is 0 Å². The van der Waals surface area contributed by atoms with Crippen LogP contribution < -0.4 is 29.6 Å². The Kier molecular flexibility index (Phi) is 8.41. The minimum absolute atomic E-state index is 0. The minimum Gasteiger partial charge on any atom is 1.00 e. The molecule has 0 spiro atoms. The van der Waals surface area contributed by atoms with E-state index in [1.54, 1.807) is 12.1 Å². The van der Waals surface area contributed by atoms with E-state index in [0.29, 0.717) is 0 Å². The van der Waals surface area contributed by atoms with Gasteiger partial charge in [0.05, 0.1) is 0 Å². The minimum atomic E-state index is -4.28. The molecule has 15 heavy (non-hydrogen) atoms. The fourth-order valence-electron chi connectivity index (χ4n) is 0.922. The van der Waals surface area contributed by atoms with Crippen molar-refractivity contribution in [1.29, 1.82) is 0 Å². The van der Waals surface area contributed by atoms with Gasteiger partial charge in [-0.1, -0.05) is 0 Å². The standard InChI is InChI=1S/C6H6O3S2.C2H5.Hg.Na/c7-11(8,9)6-3-1-5(10)2-4-6;1-2;;/h1-4,10H,(H,7,8,9);1H2,2H3;;/q;;2*+1/p-2. The smallest absolute Gasteiger partial charge is 1.00 e. The summed E-state index contributed by atoms with van der Waals surface area (Å²) < 4.78 is 33.1. The Morgan fingerprint density at radius 2 is 1.87 bits per heavy atom. The maximum absolute atomic E-state index is 10.6. The molecule has 0 aliphatic heterocycles. The van der Waals surface area contributed by atoms with Gasteiger partial charge in [-0.2, -0.15) is 0 Å². The summed E-state index contributed by atoms with van der Waals surface area (Å²) in [7, 11) is -2.42. The van der Waals surface area contributed by atoms with Crippen LogP contribution in [0.4, 0.5) is 0 Å². The summed E-state index contributed by atoms with van der Waals surface area (Å²) in [4.78, 5) is 0.941. The van der Waals surface area contributed by atoms with Crippen LogP contribution in [-0.4, -0.2) is 13.0 Å². The number of benzene rings is 1. The second kappa shape index (κ2) is 7.69. The van der Waals surface area contributed by atoms with Crippen molar-refractivity contribution < 1.29 is 65.6 Å². The van der Waals surface area contributed by atoms with Gasteiger partial charge in [0.15, 0.2) is 0 Å². The van der Waals surface area contributed by atoms with Crippen LogP contribution in [0.2, 0.25) is 3.93 Å². The third kappa shape index (κ3) is 6.05. The molecule has 0 atom stereocenters. The molecule has 0 aliphatic rings. The van der Waals surface area contributed by atoms with E-state index in [1.165, 1.54) is 16.1 Å². The molecule has 3 nitrogen and oxygen atoms in total. The molecule has 0 fully saturated rings. The molecule has 0 radical (unpaired) electrons. The first-order valence-electron chi connectivity index (χ1n) is 4.23. The Morgan fingerprint density at radius 3 is 2.27 bits per heavy atom. The van der Waals surface area contributed by atoms with Crippen molar-refractivity contribution >= 4 is 18.4 Å². The van der Waals surface area contributed by atoms with E-state index in [-0.39, 0.29) is 34.5 Å². The van der Waals surface area contributed by atoms with Gasteiger partial charge < -0.3 is 0 Å². The van der Waals surface area contributed by atoms with E-state index in [0.717, 1.165) is 4.90 Å². The summed E-state index contributed by atoms with van der Waals surface area (Å²) in [5.41, 5.74) is 0. The second-order valence-electron chi connectivity index (χ2n) is 2.77. The molecule has 0 amide bonds. The predicted octanol–water partition coefficient (Wildman–Crippen LogP) is -0.878. The maximum atomic E-state index is 10.6. The zero-order valence-electron chi connectivity index (χ0n) is 8.76. The van der Waals surface area contributed by atoms with Gasteiger partial charge in [0, 0.05) is 0 Å². The topological polar surface area (TPSA) is 57.2 Å². The molecule has 0 aliphatic carbocycles. The maximum Gasteiger partial charge on any atom is 1.00 e. The summed E-state index contributed by atoms with van der Waals surface area (Å²) >= 11 is -0.808. The van der Waals surface area contributed by atoms with Gasteiger partial charge in [-0.3, -0.25) is 0 Å². The zero-order valence-corrected chi connectivity index (χ0v) is 17.9. The Morgan fingerprint density at radius 1 is 1.33 bits per heavy atom. The van der Waals surface area contributed by atoms with E-state index < -0.39 is 33.2 Å². The Labute approximate surface area is 127 Å². The third-order valence-corrected chi connectivity index (χ3v) is 14.7. The Hall–Kier alpha value is 1.42. The van der Waals surface area contributed by atoms with Crippen LogP contribution in [-0.2, 0) is 33.2 Å². The quantitative estimate of drug-likeness (QED) is 0.451. The van der Waals surface area contributed by atoms with Crippen LogP contribution in [0.5, 0.6) is 0 Å². The van der Waals surface area contributed by atoms with Crippen LogP contribution in [0.3, 0.4) is 0 Å². The molecule has 7 heteroatoms. The van der Waals surface area contributed by atoms with Crippen LogP contribution >= 0.6 is 8.24 Å². The molecule has 0 aromatic heterocycles. The molecule has 0 saturated carbocycles. The molecular weight excluding hydrogens is 432 g/mol. The average Bonchev–Trinajstić information content (AvgIpc) is 2.14. The fourth-order valence-corrected chi connectivity index (χ4v) is 9.53. The van der Waals surface area contributed by atoms with Crippen LogP contribution in [0, 0.1) is 0 Å². The largest absolute Gasteiger partial charge is 1.00 e. The van der Waals surface area contributed by atoms with E-state index in [1.807, 2.05) is 8.24 Å². The van der Waals surface area contributed by atoms with Crippen molar-refractivity contribution in [2.45, 2.75) is 20.6 Å². The van der Waals surface area contributed by atoms with E-state index in [9.17, 15) is 13.0 Å². The molecular formula is C8H9HgNaO3S2. The summed E-state index contributed by atoms with van der Waals surface area (Å²) in [6, 6.07) is 6.19. The molecule has 74 valence electrons. The van der Waals surface area contributed by atoms with Crippen LogP contribution in [0.15, 0.2) is 34.1 Å². The SMILES string of the molecule is C[CH2][Hg][S]c1ccc(S(=O)(=O)[O-])cc1.[Na+]. The summed E-state index contributed by atoms with van der Waals surface area (Å²) in [6.45, 7) is 2.17. The fraction of sp³-hybridized carbons (Fsp3) is 0.250. The first-order valence-corrected chi connectivity index (χ1v) is 17.2. The molecule has 0 heterocycles. The van der Waals surface area contributed by atoms with Gasteiger partial charge in [-0.05, 0) is 0 Å². The predicted molar refractivity (Wildman–Crippen MR) is 50.7 cm³/mol. The van der Waals surface area contributed by atoms with Crippen LogP contribution in [0.25, 0.3) is 0 Å². The van der Waals surface area contributed by atoms with Gasteiger partial charge in [-0.25, -0.2) is 0 Å². The van der Waals surface area contributed by atoms with Crippen LogP contribution in [0.1, 0.15) is 6.92 Å². The zero-order chi connectivity index (χ0) is 10.6. The van der Waals surface area contributed by atoms with E-state index in [2.05, 4.69) is 6.92 Å². The van der Waals surface area contributed by atoms with Gasteiger partial charge in [0.25, 0.3) is 0 Å². The van der Waals surface area contributed by atoms with Gasteiger partial charge in [-0.15, -0.1) is 0 Å². The molecule has 1 aromatic rings. The first kappa shape index (κ1) is 16.4. The molecule has 0 unspecified atom stereocenters. The summed E-state index contributed by atoms with van der Waals surface area (Å²) in [5, 5.41) is 0. The van der Waals surface area contributed by atoms with Crippen molar-refractivity contribution in [2.75, 3.05) is 0 Å². The first-order chi connectivity index (χ1) is 6.54. The number of hydrogen-bond donors (Lipinski definition) is 0. The van der Waals surface area contributed by atoms with E-state index >= 15 is 0 Å². The molecule has 1 aromatic carbocycles. The van der Waals surface area contributed by atoms with Gasteiger partial charge in [0.1, 0.15) is 0 Å². The third-order valence-electron chi connectivity index (χ3n) is 1.59. The van der Waals surface area contributed by atoms with E-state index in [4.69, 9.17) is 0 Å². The number of rotatable bonds is 4. The van der Waals surface area contributed by atoms with Crippen molar-refractivity contribution in [1.82, 2.24) is 0 Å². The second-order valence-corrected chi connectivity index (χ2v) is 17.3. The Balaban J connectivity index is 0.00000196. The van der Waals surface area contributed by atoms with Crippen molar-refractivity contribution in [3.05, 3.63) is 24.3 Å². The molecule has 0 N–H and O–H groups in total. The molecule has 0 bridgehead atoms. The summed E-state index contributed by atoms with van der Waals surface area (Å²) in [5.74, 6) is 0. The van der Waals surface area contributed by atoms with Gasteiger partial charge >= 0.3 is 129 Å². The summed E-state index contributed by atoms with van der Waals surface area (Å²) in [6.07, 6.45) is 0. The Bertz CT molecular complexity index is 391. The normalized spacial score (nSPS) is 10.3. The molecule has 1 rings (SSSR count). The van der Waals surface area contributed by atoms with Crippen molar-refractivity contribution in [2.24, 2.45) is 0 Å². The van der Waals surface area contributed by atoms with Crippen molar-refractivity contribution in [3.8, 4) is 0 Å².